The molecule has 0 saturated heterocycles. The number of hydrogen-bond acceptors (Lipinski definition) is 4. The second-order valence-corrected chi connectivity index (χ2v) is 5.01. The van der Waals surface area contributed by atoms with Gasteiger partial charge in [0.15, 0.2) is 5.58 Å². The normalized spacial score (nSPS) is 10.8. The van der Waals surface area contributed by atoms with Crippen molar-refractivity contribution in [3.05, 3.63) is 53.6 Å². The van der Waals surface area contributed by atoms with E-state index in [9.17, 15) is 9.59 Å². The summed E-state index contributed by atoms with van der Waals surface area (Å²) in [5.74, 6) is 0.387. The number of halogens is 2. The summed E-state index contributed by atoms with van der Waals surface area (Å²) in [6.45, 7) is 0. The first-order valence-electron chi connectivity index (χ1n) is 5.95. The van der Waals surface area contributed by atoms with Crippen molar-refractivity contribution in [2.24, 2.45) is 0 Å². The van der Waals surface area contributed by atoms with Crippen molar-refractivity contribution >= 4 is 44.8 Å². The number of rotatable bonds is 3. The van der Waals surface area contributed by atoms with Crippen LogP contribution in [0.3, 0.4) is 0 Å². The fourth-order valence-electron chi connectivity index (χ4n) is 1.91. The topological polar surface area (TPSA) is 60.2 Å². The summed E-state index contributed by atoms with van der Waals surface area (Å²) in [6.07, 6.45) is 0. The maximum Gasteiger partial charge on any atom is 0.252 e. The quantitative estimate of drug-likeness (QED) is 0.677. The Labute approximate surface area is 129 Å². The average molecular weight is 320 g/mol. The predicted molar refractivity (Wildman–Crippen MR) is 79.8 cm³/mol. The number of oxazole rings is 1. The molecule has 4 nitrogen and oxygen atoms in total. The maximum atomic E-state index is 11.1. The molecule has 1 heterocycles. The Morgan fingerprint density at radius 3 is 2.14 bits per heavy atom. The molecule has 0 atom stereocenters. The summed E-state index contributed by atoms with van der Waals surface area (Å²) in [6, 6.07) is 11.3. The van der Waals surface area contributed by atoms with Gasteiger partial charge in [-0.1, -0.05) is 0 Å². The zero-order valence-corrected chi connectivity index (χ0v) is 12.0. The van der Waals surface area contributed by atoms with Crippen LogP contribution in [0.25, 0.3) is 22.6 Å². The van der Waals surface area contributed by atoms with Crippen molar-refractivity contribution in [1.82, 2.24) is 4.98 Å². The Hall–Kier alpha value is -2.17. The van der Waals surface area contributed by atoms with Gasteiger partial charge in [0.05, 0.1) is 0 Å². The third-order valence-electron chi connectivity index (χ3n) is 2.97. The molecule has 0 spiro atoms. The number of fused-ring (bicyclic) bond motifs is 1. The van der Waals surface area contributed by atoms with Gasteiger partial charge >= 0.3 is 0 Å². The smallest absolute Gasteiger partial charge is 0.252 e. The Balaban J connectivity index is 2.04. The first-order valence-corrected chi connectivity index (χ1v) is 6.71. The fraction of sp³-hybridized carbons (Fsp3) is 0. The number of aromatic nitrogens is 1. The van der Waals surface area contributed by atoms with Crippen molar-refractivity contribution in [3.63, 3.8) is 0 Å². The molecule has 1 aromatic heterocycles. The molecular formula is C15H7Cl2NO3. The van der Waals surface area contributed by atoms with Crippen LogP contribution in [-0.4, -0.2) is 15.5 Å². The summed E-state index contributed by atoms with van der Waals surface area (Å²) in [5, 5.41) is -1.08. The highest BCUT2D eigenvalue weighted by molar-refractivity contribution is 6.68. The minimum Gasteiger partial charge on any atom is -0.436 e. The van der Waals surface area contributed by atoms with Crippen LogP contribution in [0.4, 0.5) is 0 Å². The number of nitrogens with zero attached hydrogens (tertiary/aromatic N) is 1. The summed E-state index contributed by atoms with van der Waals surface area (Å²) in [4.78, 5) is 26.5. The molecule has 0 amide bonds. The van der Waals surface area contributed by atoms with Crippen molar-refractivity contribution in [1.29, 1.82) is 0 Å². The van der Waals surface area contributed by atoms with E-state index < -0.39 is 10.5 Å². The molecule has 0 unspecified atom stereocenters. The third kappa shape index (κ3) is 2.68. The van der Waals surface area contributed by atoms with Crippen LogP contribution in [0.2, 0.25) is 0 Å². The van der Waals surface area contributed by atoms with E-state index in [2.05, 4.69) is 4.98 Å². The molecule has 6 heteroatoms. The molecule has 0 saturated carbocycles. The highest BCUT2D eigenvalue weighted by Crippen LogP contribution is 2.25. The lowest BCUT2D eigenvalue weighted by molar-refractivity contribution is 0.107. The minimum absolute atomic E-state index is 0.343. The fourth-order valence-corrected chi connectivity index (χ4v) is 2.16. The summed E-state index contributed by atoms with van der Waals surface area (Å²) in [7, 11) is 0. The second-order valence-electron chi connectivity index (χ2n) is 4.33. The first-order chi connectivity index (χ1) is 10.0. The maximum absolute atomic E-state index is 11.1. The number of hydrogen-bond donors (Lipinski definition) is 0. The van der Waals surface area contributed by atoms with Crippen LogP contribution in [0.1, 0.15) is 20.7 Å². The summed E-state index contributed by atoms with van der Waals surface area (Å²) in [5.41, 5.74) is 2.52. The molecular weight excluding hydrogens is 313 g/mol. The van der Waals surface area contributed by atoms with E-state index in [-0.39, 0.29) is 0 Å². The summed E-state index contributed by atoms with van der Waals surface area (Å²) < 4.78 is 5.61. The van der Waals surface area contributed by atoms with Gasteiger partial charge in [-0.2, -0.15) is 0 Å². The number of carbonyl (C=O) groups is 2. The van der Waals surface area contributed by atoms with Crippen LogP contribution < -0.4 is 0 Å². The zero-order valence-electron chi connectivity index (χ0n) is 10.5. The Morgan fingerprint density at radius 1 is 0.905 bits per heavy atom. The largest absolute Gasteiger partial charge is 0.436 e. The SMILES string of the molecule is O=C(Cl)c1ccc(-c2nc3ccc(C(=O)Cl)cc3o2)cc1. The molecule has 0 aliphatic rings. The highest BCUT2D eigenvalue weighted by Gasteiger charge is 2.11. The minimum atomic E-state index is -0.556. The Morgan fingerprint density at radius 2 is 1.52 bits per heavy atom. The van der Waals surface area contributed by atoms with Crippen molar-refractivity contribution in [3.8, 4) is 11.5 Å². The van der Waals surface area contributed by atoms with Gasteiger partial charge in [-0.3, -0.25) is 9.59 Å². The van der Waals surface area contributed by atoms with E-state index >= 15 is 0 Å². The van der Waals surface area contributed by atoms with E-state index in [4.69, 9.17) is 27.6 Å². The number of carbonyl (C=O) groups excluding carboxylic acids is 2. The molecule has 3 aromatic rings. The Bertz CT molecular complexity index is 853. The third-order valence-corrected chi connectivity index (χ3v) is 3.41. The molecule has 0 fully saturated rings. The van der Waals surface area contributed by atoms with E-state index in [1.54, 1.807) is 36.4 Å². The lowest BCUT2D eigenvalue weighted by Crippen LogP contribution is -1.87. The monoisotopic (exact) mass is 319 g/mol. The molecule has 0 aliphatic carbocycles. The van der Waals surface area contributed by atoms with Crippen molar-refractivity contribution in [2.45, 2.75) is 0 Å². The molecule has 0 radical (unpaired) electrons. The molecule has 21 heavy (non-hydrogen) atoms. The van der Waals surface area contributed by atoms with Gasteiger partial charge in [0, 0.05) is 16.7 Å². The second kappa shape index (κ2) is 5.31. The zero-order chi connectivity index (χ0) is 15.0. The molecule has 0 N–H and O–H groups in total. The van der Waals surface area contributed by atoms with E-state index in [1.807, 2.05) is 0 Å². The predicted octanol–water partition coefficient (Wildman–Crippen LogP) is 4.25. The Kier molecular flexibility index (Phi) is 3.49. The lowest BCUT2D eigenvalue weighted by Gasteiger charge is -1.96. The highest BCUT2D eigenvalue weighted by atomic mass is 35.5. The average Bonchev–Trinajstić information content (AvgIpc) is 2.90. The molecule has 2 aromatic carbocycles. The molecule has 0 aliphatic heterocycles. The first kappa shape index (κ1) is 13.8. The standard InChI is InChI=1S/C15H7Cl2NO3/c16-13(19)8-1-3-9(4-2-8)15-18-11-6-5-10(14(17)20)7-12(11)21-15/h1-7H. The van der Waals surface area contributed by atoms with Gasteiger partial charge in [0.1, 0.15) is 5.52 Å². The van der Waals surface area contributed by atoms with Crippen LogP contribution in [0, 0.1) is 0 Å². The van der Waals surface area contributed by atoms with E-state index in [0.717, 1.165) is 0 Å². The van der Waals surface area contributed by atoms with Crippen LogP contribution in [0.5, 0.6) is 0 Å². The van der Waals surface area contributed by atoms with Gasteiger partial charge in [-0.05, 0) is 65.7 Å². The van der Waals surface area contributed by atoms with Gasteiger partial charge in [0.2, 0.25) is 5.89 Å². The summed E-state index contributed by atoms with van der Waals surface area (Å²) >= 11 is 10.8. The van der Waals surface area contributed by atoms with Crippen molar-refractivity contribution in [2.75, 3.05) is 0 Å². The lowest BCUT2D eigenvalue weighted by atomic mass is 10.1. The van der Waals surface area contributed by atoms with Crippen LogP contribution in [-0.2, 0) is 0 Å². The van der Waals surface area contributed by atoms with Crippen LogP contribution in [0.15, 0.2) is 46.9 Å². The van der Waals surface area contributed by atoms with Crippen molar-refractivity contribution < 1.29 is 14.0 Å². The van der Waals surface area contributed by atoms with Gasteiger partial charge < -0.3 is 4.42 Å². The van der Waals surface area contributed by atoms with E-state index in [0.29, 0.717) is 33.7 Å². The molecule has 3 rings (SSSR count). The van der Waals surface area contributed by atoms with Gasteiger partial charge in [0.25, 0.3) is 10.5 Å². The van der Waals surface area contributed by atoms with E-state index in [1.165, 1.54) is 6.07 Å². The van der Waals surface area contributed by atoms with Crippen LogP contribution >= 0.6 is 23.2 Å². The molecule has 104 valence electrons. The van der Waals surface area contributed by atoms with Gasteiger partial charge in [-0.25, -0.2) is 4.98 Å². The number of benzene rings is 2. The van der Waals surface area contributed by atoms with Gasteiger partial charge in [-0.15, -0.1) is 0 Å². The molecule has 0 bridgehead atoms.